The molecule has 4 rings (SSSR count). The number of hydrogen-bond acceptors (Lipinski definition) is 5. The third-order valence-electron chi connectivity index (χ3n) is 6.58. The summed E-state index contributed by atoms with van der Waals surface area (Å²) in [6, 6.07) is 11.7. The predicted molar refractivity (Wildman–Crippen MR) is 126 cm³/mol. The normalized spacial score (nSPS) is 19.3. The largest absolute Gasteiger partial charge is 0.480 e. The van der Waals surface area contributed by atoms with E-state index in [-0.39, 0.29) is 6.10 Å². The minimum absolute atomic E-state index is 0.109. The van der Waals surface area contributed by atoms with Crippen LogP contribution in [-0.4, -0.2) is 53.3 Å². The number of likely N-dealkylation sites (tertiary alicyclic amines) is 1. The molecular formula is C26H35N3O3. The monoisotopic (exact) mass is 437 g/mol. The standard InChI is InChI=1S/C26H35N3O3/c1-2-19-7-5-8-21(17-19)24(26(30)31)29-15-13-23(18-29)32-16-4-3-10-22-12-11-20-9-6-14-27-25(20)28-22/h5,7-8,11-12,17,23-24H,2-4,6,9-10,13-16,18H2,1H3,(H,27,28)(H,30,31)/t23-,24+/m1/s1. The van der Waals surface area contributed by atoms with Crippen molar-refractivity contribution in [2.24, 2.45) is 0 Å². The first-order valence-corrected chi connectivity index (χ1v) is 12.0. The Morgan fingerprint density at radius 3 is 3.06 bits per heavy atom. The van der Waals surface area contributed by atoms with Crippen LogP contribution in [0, 0.1) is 0 Å². The van der Waals surface area contributed by atoms with Crippen molar-refractivity contribution < 1.29 is 14.6 Å². The molecule has 1 saturated heterocycles. The van der Waals surface area contributed by atoms with Gasteiger partial charge in [0.1, 0.15) is 11.9 Å². The highest BCUT2D eigenvalue weighted by Crippen LogP contribution is 2.27. The molecule has 0 bridgehead atoms. The number of rotatable bonds is 10. The van der Waals surface area contributed by atoms with Crippen LogP contribution >= 0.6 is 0 Å². The molecule has 6 nitrogen and oxygen atoms in total. The van der Waals surface area contributed by atoms with Crippen molar-refractivity contribution in [3.8, 4) is 0 Å². The molecule has 0 aliphatic carbocycles. The summed E-state index contributed by atoms with van der Waals surface area (Å²) in [6.45, 7) is 5.25. The average Bonchev–Trinajstić information content (AvgIpc) is 3.27. The van der Waals surface area contributed by atoms with E-state index in [1.807, 2.05) is 23.1 Å². The van der Waals surface area contributed by atoms with Gasteiger partial charge in [0.2, 0.25) is 0 Å². The molecular weight excluding hydrogens is 402 g/mol. The number of carbonyl (C=O) groups is 1. The molecule has 0 amide bonds. The maximum absolute atomic E-state index is 12.0. The van der Waals surface area contributed by atoms with E-state index >= 15 is 0 Å². The number of aromatic nitrogens is 1. The number of pyridine rings is 1. The fourth-order valence-electron chi connectivity index (χ4n) is 4.78. The Balaban J connectivity index is 1.21. The third kappa shape index (κ3) is 5.67. The van der Waals surface area contributed by atoms with Gasteiger partial charge in [0.25, 0.3) is 0 Å². The van der Waals surface area contributed by atoms with Gasteiger partial charge in [-0.25, -0.2) is 4.98 Å². The summed E-state index contributed by atoms with van der Waals surface area (Å²) in [6.07, 6.45) is 7.20. The van der Waals surface area contributed by atoms with Gasteiger partial charge in [-0.1, -0.05) is 37.3 Å². The molecule has 0 unspecified atom stereocenters. The zero-order valence-electron chi connectivity index (χ0n) is 19.1. The van der Waals surface area contributed by atoms with Crippen LogP contribution in [0.2, 0.25) is 0 Å². The van der Waals surface area contributed by atoms with Crippen LogP contribution in [0.5, 0.6) is 0 Å². The maximum Gasteiger partial charge on any atom is 0.325 e. The van der Waals surface area contributed by atoms with Crippen molar-refractivity contribution in [3.63, 3.8) is 0 Å². The lowest BCUT2D eigenvalue weighted by atomic mass is 10.0. The van der Waals surface area contributed by atoms with Gasteiger partial charge in [0.15, 0.2) is 0 Å². The number of unbranched alkanes of at least 4 members (excludes halogenated alkanes) is 1. The van der Waals surface area contributed by atoms with Crippen LogP contribution in [0.25, 0.3) is 0 Å². The number of aliphatic carboxylic acids is 1. The number of benzene rings is 1. The number of nitrogens with one attached hydrogen (secondary N) is 1. The Morgan fingerprint density at radius 1 is 1.31 bits per heavy atom. The lowest BCUT2D eigenvalue weighted by Crippen LogP contribution is -2.33. The first-order valence-electron chi connectivity index (χ1n) is 12.0. The summed E-state index contributed by atoms with van der Waals surface area (Å²) in [5, 5.41) is 13.3. The number of carboxylic acids is 1. The molecule has 0 saturated carbocycles. The zero-order valence-corrected chi connectivity index (χ0v) is 19.1. The van der Waals surface area contributed by atoms with E-state index in [9.17, 15) is 9.90 Å². The number of fused-ring (bicyclic) bond motifs is 1. The van der Waals surface area contributed by atoms with Crippen molar-refractivity contribution in [1.82, 2.24) is 9.88 Å². The van der Waals surface area contributed by atoms with Gasteiger partial charge in [-0.3, -0.25) is 9.69 Å². The molecule has 2 atom stereocenters. The van der Waals surface area contributed by atoms with E-state index < -0.39 is 12.0 Å². The van der Waals surface area contributed by atoms with Crippen LogP contribution < -0.4 is 5.32 Å². The van der Waals surface area contributed by atoms with Crippen molar-refractivity contribution in [2.45, 2.75) is 64.0 Å². The average molecular weight is 438 g/mol. The molecule has 1 aromatic heterocycles. The third-order valence-corrected chi connectivity index (χ3v) is 6.58. The first kappa shape index (κ1) is 22.7. The molecule has 6 heteroatoms. The van der Waals surface area contributed by atoms with Crippen LogP contribution in [0.3, 0.4) is 0 Å². The predicted octanol–water partition coefficient (Wildman–Crippen LogP) is 4.24. The Bertz CT molecular complexity index is 917. The van der Waals surface area contributed by atoms with Gasteiger partial charge in [0.05, 0.1) is 6.10 Å². The lowest BCUT2D eigenvalue weighted by Gasteiger charge is -2.25. The number of aryl methyl sites for hydroxylation is 3. The molecule has 2 aliphatic heterocycles. The van der Waals surface area contributed by atoms with Crippen LogP contribution in [0.1, 0.15) is 61.0 Å². The SMILES string of the molecule is CCc1cccc([C@@H](C(=O)O)N2CC[C@@H](OCCCCc3ccc4c(n3)NCCC4)C2)c1. The molecule has 32 heavy (non-hydrogen) atoms. The number of nitrogens with zero attached hydrogens (tertiary/aromatic N) is 2. The van der Waals surface area contributed by atoms with Crippen molar-refractivity contribution in [1.29, 1.82) is 0 Å². The summed E-state index contributed by atoms with van der Waals surface area (Å²) in [7, 11) is 0. The maximum atomic E-state index is 12.0. The van der Waals surface area contributed by atoms with Gasteiger partial charge in [0, 0.05) is 31.9 Å². The van der Waals surface area contributed by atoms with Gasteiger partial charge in [-0.05, 0) is 67.7 Å². The highest BCUT2D eigenvalue weighted by Gasteiger charge is 2.34. The quantitative estimate of drug-likeness (QED) is 0.542. The topological polar surface area (TPSA) is 74.7 Å². The molecule has 0 radical (unpaired) electrons. The lowest BCUT2D eigenvalue weighted by molar-refractivity contribution is -0.143. The minimum Gasteiger partial charge on any atom is -0.480 e. The molecule has 0 spiro atoms. The summed E-state index contributed by atoms with van der Waals surface area (Å²) in [5.74, 6) is 0.277. The summed E-state index contributed by atoms with van der Waals surface area (Å²) >= 11 is 0. The minimum atomic E-state index is -0.786. The van der Waals surface area contributed by atoms with Crippen LogP contribution in [0.15, 0.2) is 36.4 Å². The van der Waals surface area contributed by atoms with Crippen molar-refractivity contribution in [2.75, 3.05) is 31.6 Å². The first-order chi connectivity index (χ1) is 15.6. The molecule has 172 valence electrons. The Morgan fingerprint density at radius 2 is 2.22 bits per heavy atom. The van der Waals surface area contributed by atoms with Gasteiger partial charge in [-0.15, -0.1) is 0 Å². The fraction of sp³-hybridized carbons (Fsp3) is 0.538. The molecule has 1 aromatic carbocycles. The summed E-state index contributed by atoms with van der Waals surface area (Å²) in [4.78, 5) is 18.8. The van der Waals surface area contributed by atoms with E-state index in [1.165, 1.54) is 17.5 Å². The highest BCUT2D eigenvalue weighted by atomic mass is 16.5. The van der Waals surface area contributed by atoms with E-state index in [0.29, 0.717) is 13.2 Å². The Kier molecular flexibility index (Phi) is 7.76. The summed E-state index contributed by atoms with van der Waals surface area (Å²) < 4.78 is 6.11. The van der Waals surface area contributed by atoms with Gasteiger partial charge >= 0.3 is 5.97 Å². The van der Waals surface area contributed by atoms with Crippen LogP contribution in [0.4, 0.5) is 5.82 Å². The van der Waals surface area contributed by atoms with E-state index in [2.05, 4.69) is 30.4 Å². The van der Waals surface area contributed by atoms with Crippen molar-refractivity contribution in [3.05, 3.63) is 58.8 Å². The van der Waals surface area contributed by atoms with Gasteiger partial charge in [-0.2, -0.15) is 0 Å². The smallest absolute Gasteiger partial charge is 0.325 e. The van der Waals surface area contributed by atoms with E-state index in [4.69, 9.17) is 9.72 Å². The number of ether oxygens (including phenoxy) is 1. The van der Waals surface area contributed by atoms with Crippen LogP contribution in [-0.2, 0) is 28.8 Å². The molecule has 2 aliphatic rings. The molecule has 3 heterocycles. The zero-order chi connectivity index (χ0) is 22.3. The van der Waals surface area contributed by atoms with E-state index in [1.54, 1.807) is 0 Å². The number of carboxylic acid groups (broad SMARTS) is 1. The Hall–Kier alpha value is -2.44. The fourth-order valence-corrected chi connectivity index (χ4v) is 4.78. The molecule has 2 aromatic rings. The second-order valence-electron chi connectivity index (χ2n) is 8.91. The van der Waals surface area contributed by atoms with Gasteiger partial charge < -0.3 is 15.2 Å². The second-order valence-corrected chi connectivity index (χ2v) is 8.91. The Labute approximate surface area is 191 Å². The molecule has 2 N–H and O–H groups in total. The number of anilines is 1. The summed E-state index contributed by atoms with van der Waals surface area (Å²) in [5.41, 5.74) is 4.51. The molecule has 1 fully saturated rings. The van der Waals surface area contributed by atoms with Crippen molar-refractivity contribution >= 4 is 11.8 Å². The van der Waals surface area contributed by atoms with E-state index in [0.717, 1.165) is 68.7 Å². The number of hydrogen-bond donors (Lipinski definition) is 2. The second kappa shape index (κ2) is 10.9. The highest BCUT2D eigenvalue weighted by molar-refractivity contribution is 5.75.